The number of aliphatic imine (C=N–C) groups is 1. The van der Waals surface area contributed by atoms with Gasteiger partial charge in [-0.05, 0) is 24.3 Å². The van der Waals surface area contributed by atoms with E-state index in [1.807, 2.05) is 18.2 Å². The lowest BCUT2D eigenvalue weighted by Crippen LogP contribution is -2.04. The zero-order valence-corrected chi connectivity index (χ0v) is 10.4. The largest absolute Gasteiger partial charge is 0.496 e. The Hall–Kier alpha value is -1.35. The third-order valence-electron chi connectivity index (χ3n) is 2.82. The predicted molar refractivity (Wildman–Crippen MR) is 68.9 cm³/mol. The van der Waals surface area contributed by atoms with Gasteiger partial charge in [0.05, 0.1) is 18.5 Å². The Balaban J connectivity index is 2.26. The third-order valence-corrected chi connectivity index (χ3v) is 3.31. The molecule has 0 aromatic heterocycles. The summed E-state index contributed by atoms with van der Waals surface area (Å²) in [5, 5.41) is 0. The van der Waals surface area contributed by atoms with Crippen LogP contribution in [0.2, 0.25) is 0 Å². The second-order valence-electron chi connectivity index (χ2n) is 3.77. The second kappa shape index (κ2) is 3.59. The molecule has 2 nitrogen and oxygen atoms in total. The van der Waals surface area contributed by atoms with Crippen molar-refractivity contribution in [1.82, 2.24) is 0 Å². The van der Waals surface area contributed by atoms with Gasteiger partial charge >= 0.3 is 0 Å². The van der Waals surface area contributed by atoms with Crippen LogP contribution in [0.4, 0.5) is 5.69 Å². The van der Waals surface area contributed by atoms with Crippen LogP contribution >= 0.6 is 15.9 Å². The highest BCUT2D eigenvalue weighted by molar-refractivity contribution is 9.10. The van der Waals surface area contributed by atoms with E-state index >= 15 is 0 Å². The van der Waals surface area contributed by atoms with Crippen LogP contribution in [0, 0.1) is 0 Å². The number of fused-ring (bicyclic) bond motifs is 3. The lowest BCUT2D eigenvalue weighted by molar-refractivity contribution is 0.309. The van der Waals surface area contributed by atoms with Crippen LogP contribution in [-0.2, 0) is 4.74 Å². The Morgan fingerprint density at radius 3 is 3.06 bits per heavy atom. The zero-order chi connectivity index (χ0) is 11.1. The van der Waals surface area contributed by atoms with E-state index in [9.17, 15) is 0 Å². The molecule has 3 rings (SSSR count). The summed E-state index contributed by atoms with van der Waals surface area (Å²) in [5.41, 5.74) is 4.44. The summed E-state index contributed by atoms with van der Waals surface area (Å²) in [7, 11) is 1.70. The van der Waals surface area contributed by atoms with Crippen LogP contribution in [0.1, 0.15) is 12.0 Å². The average Bonchev–Trinajstić information content (AvgIpc) is 2.66. The third kappa shape index (κ3) is 1.35. The molecule has 0 atom stereocenters. The summed E-state index contributed by atoms with van der Waals surface area (Å²) in [4.78, 5) is 4.62. The van der Waals surface area contributed by atoms with Crippen molar-refractivity contribution in [3.8, 4) is 0 Å². The minimum absolute atomic E-state index is 0.883. The van der Waals surface area contributed by atoms with Crippen molar-refractivity contribution >= 4 is 32.9 Å². The van der Waals surface area contributed by atoms with Crippen LogP contribution in [0.15, 0.2) is 45.6 Å². The molecule has 0 bridgehead atoms. The van der Waals surface area contributed by atoms with Crippen LogP contribution in [0.3, 0.4) is 0 Å². The van der Waals surface area contributed by atoms with Gasteiger partial charge < -0.3 is 4.74 Å². The van der Waals surface area contributed by atoms with Crippen molar-refractivity contribution in [1.29, 1.82) is 0 Å². The SMILES string of the molecule is COC1=C2C(=Nc3ccc(Br)cc32)CC=C1. The van der Waals surface area contributed by atoms with E-state index in [2.05, 4.69) is 33.1 Å². The van der Waals surface area contributed by atoms with E-state index in [0.29, 0.717) is 0 Å². The number of benzene rings is 1. The fraction of sp³-hybridized carbons (Fsp3) is 0.154. The Morgan fingerprint density at radius 1 is 1.38 bits per heavy atom. The molecule has 0 spiro atoms. The number of ether oxygens (including phenoxy) is 1. The first kappa shape index (κ1) is 9.85. The molecule has 1 aliphatic heterocycles. The molecule has 1 aromatic rings. The van der Waals surface area contributed by atoms with E-state index in [1.165, 1.54) is 0 Å². The van der Waals surface area contributed by atoms with Gasteiger partial charge in [-0.1, -0.05) is 22.0 Å². The highest BCUT2D eigenvalue weighted by atomic mass is 79.9. The molecule has 16 heavy (non-hydrogen) atoms. The van der Waals surface area contributed by atoms with Crippen molar-refractivity contribution in [2.75, 3.05) is 7.11 Å². The van der Waals surface area contributed by atoms with Crippen LogP contribution in [-0.4, -0.2) is 12.8 Å². The number of rotatable bonds is 1. The highest BCUT2D eigenvalue weighted by Crippen LogP contribution is 2.41. The van der Waals surface area contributed by atoms with E-state index in [4.69, 9.17) is 4.74 Å². The molecule has 1 aromatic carbocycles. The van der Waals surface area contributed by atoms with Crippen molar-refractivity contribution in [2.24, 2.45) is 4.99 Å². The second-order valence-corrected chi connectivity index (χ2v) is 4.69. The molecule has 0 saturated heterocycles. The quantitative estimate of drug-likeness (QED) is 0.763. The first-order valence-electron chi connectivity index (χ1n) is 5.12. The lowest BCUT2D eigenvalue weighted by Gasteiger charge is -2.12. The summed E-state index contributed by atoms with van der Waals surface area (Å²) in [6.07, 6.45) is 4.99. The zero-order valence-electron chi connectivity index (χ0n) is 8.83. The van der Waals surface area contributed by atoms with E-state index in [-0.39, 0.29) is 0 Å². The minimum atomic E-state index is 0.883. The molecular formula is C13H10BrNO. The normalized spacial score (nSPS) is 17.0. The smallest absolute Gasteiger partial charge is 0.128 e. The van der Waals surface area contributed by atoms with Gasteiger partial charge in [0.1, 0.15) is 5.76 Å². The molecule has 0 unspecified atom stereocenters. The summed E-state index contributed by atoms with van der Waals surface area (Å²) in [6, 6.07) is 6.14. The summed E-state index contributed by atoms with van der Waals surface area (Å²) in [5.74, 6) is 0.904. The van der Waals surface area contributed by atoms with E-state index < -0.39 is 0 Å². The first-order valence-corrected chi connectivity index (χ1v) is 5.91. The Morgan fingerprint density at radius 2 is 2.25 bits per heavy atom. The standard InChI is InChI=1S/C13H10BrNO/c1-16-12-4-2-3-11-13(12)9-7-8(14)5-6-10(9)15-11/h2,4-7H,3H2,1H3. The minimum Gasteiger partial charge on any atom is -0.496 e. The van der Waals surface area contributed by atoms with Gasteiger partial charge in [-0.3, -0.25) is 4.99 Å². The van der Waals surface area contributed by atoms with Crippen LogP contribution in [0.5, 0.6) is 0 Å². The van der Waals surface area contributed by atoms with Gasteiger partial charge in [-0.25, -0.2) is 0 Å². The molecule has 0 saturated carbocycles. The number of methoxy groups -OCH3 is 1. The van der Waals surface area contributed by atoms with Crippen molar-refractivity contribution in [3.05, 3.63) is 46.1 Å². The first-order chi connectivity index (χ1) is 7.79. The molecule has 0 fully saturated rings. The molecule has 1 heterocycles. The predicted octanol–water partition coefficient (Wildman–Crippen LogP) is 3.85. The molecule has 0 radical (unpaired) electrons. The van der Waals surface area contributed by atoms with E-state index in [0.717, 1.165) is 39.2 Å². The highest BCUT2D eigenvalue weighted by Gasteiger charge is 2.25. The summed E-state index contributed by atoms with van der Waals surface area (Å²) in [6.45, 7) is 0. The monoisotopic (exact) mass is 275 g/mol. The number of nitrogens with zero attached hydrogens (tertiary/aromatic N) is 1. The van der Waals surface area contributed by atoms with Gasteiger partial charge in [-0.15, -0.1) is 0 Å². The Labute approximate surface area is 102 Å². The molecule has 2 aliphatic rings. The average molecular weight is 276 g/mol. The van der Waals surface area contributed by atoms with E-state index in [1.54, 1.807) is 7.11 Å². The number of halogens is 1. The number of allylic oxidation sites excluding steroid dienone is 3. The fourth-order valence-electron chi connectivity index (χ4n) is 2.12. The van der Waals surface area contributed by atoms with Gasteiger partial charge in [0, 0.05) is 22.0 Å². The van der Waals surface area contributed by atoms with Crippen molar-refractivity contribution in [2.45, 2.75) is 6.42 Å². The molecule has 0 N–H and O–H groups in total. The van der Waals surface area contributed by atoms with Gasteiger partial charge in [0.15, 0.2) is 0 Å². The van der Waals surface area contributed by atoms with Crippen LogP contribution in [0.25, 0.3) is 5.57 Å². The molecule has 0 amide bonds. The Kier molecular flexibility index (Phi) is 2.21. The van der Waals surface area contributed by atoms with Crippen molar-refractivity contribution in [3.63, 3.8) is 0 Å². The maximum Gasteiger partial charge on any atom is 0.128 e. The summed E-state index contributed by atoms with van der Waals surface area (Å²) < 4.78 is 6.47. The fourth-order valence-corrected chi connectivity index (χ4v) is 2.48. The van der Waals surface area contributed by atoms with Gasteiger partial charge in [0.2, 0.25) is 0 Å². The maximum atomic E-state index is 5.40. The lowest BCUT2D eigenvalue weighted by atomic mass is 9.96. The number of hydrogen-bond acceptors (Lipinski definition) is 2. The molecule has 1 aliphatic carbocycles. The molecule has 80 valence electrons. The molecule has 3 heteroatoms. The topological polar surface area (TPSA) is 21.6 Å². The summed E-state index contributed by atoms with van der Waals surface area (Å²) >= 11 is 3.49. The number of hydrogen-bond donors (Lipinski definition) is 0. The van der Waals surface area contributed by atoms with Gasteiger partial charge in [0.25, 0.3) is 0 Å². The Bertz CT molecular complexity index is 555. The molecular weight excluding hydrogens is 266 g/mol. The van der Waals surface area contributed by atoms with Gasteiger partial charge in [-0.2, -0.15) is 0 Å². The van der Waals surface area contributed by atoms with Crippen LogP contribution < -0.4 is 0 Å². The van der Waals surface area contributed by atoms with Crippen molar-refractivity contribution < 1.29 is 4.74 Å². The maximum absolute atomic E-state index is 5.40.